The van der Waals surface area contributed by atoms with Crippen LogP contribution in [-0.2, 0) is 17.9 Å². The van der Waals surface area contributed by atoms with E-state index < -0.39 is 0 Å². The summed E-state index contributed by atoms with van der Waals surface area (Å²) in [5.41, 5.74) is 2.10. The quantitative estimate of drug-likeness (QED) is 0.577. The summed E-state index contributed by atoms with van der Waals surface area (Å²) in [6.07, 6.45) is 8.30. The van der Waals surface area contributed by atoms with Gasteiger partial charge in [0.25, 0.3) is 0 Å². The fourth-order valence-corrected chi connectivity index (χ4v) is 3.89. The van der Waals surface area contributed by atoms with E-state index in [9.17, 15) is 4.79 Å². The molecule has 1 aliphatic rings. The number of nitrogens with one attached hydrogen (secondary N) is 1. The highest BCUT2D eigenvalue weighted by Gasteiger charge is 2.26. The predicted molar refractivity (Wildman–Crippen MR) is 112 cm³/mol. The van der Waals surface area contributed by atoms with Crippen molar-refractivity contribution in [2.75, 3.05) is 19.6 Å². The lowest BCUT2D eigenvalue weighted by Crippen LogP contribution is -2.43. The average Bonchev–Trinajstić information content (AvgIpc) is 3.44. The first kappa shape index (κ1) is 20.3. The molecule has 0 saturated carbocycles. The second-order valence-corrected chi connectivity index (χ2v) is 7.85. The molecule has 8 heteroatoms. The third-order valence-corrected chi connectivity index (χ3v) is 5.54. The fraction of sp³-hybridized carbons (Fsp3) is 0.455. The molecule has 0 radical (unpaired) electrons. The number of nitrogens with zero attached hydrogens (tertiary/aromatic N) is 5. The molecule has 0 spiro atoms. The first-order chi connectivity index (χ1) is 14.7. The zero-order valence-electron chi connectivity index (χ0n) is 17.3. The molecule has 1 atom stereocenters. The van der Waals surface area contributed by atoms with E-state index in [1.165, 1.54) is 0 Å². The molecule has 30 heavy (non-hydrogen) atoms. The van der Waals surface area contributed by atoms with Crippen molar-refractivity contribution in [3.63, 3.8) is 0 Å². The number of benzene rings is 1. The Balaban J connectivity index is 1.26. The van der Waals surface area contributed by atoms with Crippen molar-refractivity contribution in [1.82, 2.24) is 29.9 Å². The molecular formula is C22H28N6O2. The summed E-state index contributed by atoms with van der Waals surface area (Å²) < 4.78 is 7.49. The van der Waals surface area contributed by atoms with Gasteiger partial charge in [-0.1, -0.05) is 29.4 Å². The Morgan fingerprint density at radius 1 is 1.33 bits per heavy atom. The monoisotopic (exact) mass is 408 g/mol. The third kappa shape index (κ3) is 5.13. The molecule has 2 aromatic heterocycles. The SMILES string of the molecule is Cc1ccccc1-c1noc(CN2CCCC(C(=O)NCCCn3ccnc3)C2)n1. The molecule has 1 amide bonds. The van der Waals surface area contributed by atoms with Gasteiger partial charge in [-0.15, -0.1) is 0 Å². The lowest BCUT2D eigenvalue weighted by atomic mass is 9.97. The van der Waals surface area contributed by atoms with Crippen molar-refractivity contribution in [2.45, 2.75) is 39.3 Å². The van der Waals surface area contributed by atoms with E-state index in [4.69, 9.17) is 4.52 Å². The fourth-order valence-electron chi connectivity index (χ4n) is 3.89. The van der Waals surface area contributed by atoms with E-state index in [-0.39, 0.29) is 11.8 Å². The van der Waals surface area contributed by atoms with E-state index in [1.54, 1.807) is 12.5 Å². The van der Waals surface area contributed by atoms with E-state index >= 15 is 0 Å². The summed E-state index contributed by atoms with van der Waals surface area (Å²) >= 11 is 0. The minimum atomic E-state index is 0.00533. The number of hydrogen-bond acceptors (Lipinski definition) is 6. The molecule has 1 fully saturated rings. The first-order valence-corrected chi connectivity index (χ1v) is 10.5. The van der Waals surface area contributed by atoms with Gasteiger partial charge in [0, 0.05) is 37.6 Å². The van der Waals surface area contributed by atoms with Gasteiger partial charge in [0.2, 0.25) is 17.6 Å². The number of amides is 1. The standard InChI is InChI=1S/C22H28N6O2/c1-17-6-2-3-8-19(17)21-25-20(30-26-21)15-28-11-4-7-18(14-28)22(29)24-9-5-12-27-13-10-23-16-27/h2-3,6,8,10,13,16,18H,4-5,7,9,11-12,14-15H2,1H3,(H,24,29). The molecule has 1 aliphatic heterocycles. The van der Waals surface area contributed by atoms with Crippen LogP contribution in [-0.4, -0.2) is 50.1 Å². The molecular weight excluding hydrogens is 380 g/mol. The molecule has 1 N–H and O–H groups in total. The number of likely N-dealkylation sites (tertiary alicyclic amines) is 1. The number of hydrogen-bond donors (Lipinski definition) is 1. The largest absolute Gasteiger partial charge is 0.356 e. The third-order valence-electron chi connectivity index (χ3n) is 5.54. The number of piperidine rings is 1. The van der Waals surface area contributed by atoms with Crippen molar-refractivity contribution < 1.29 is 9.32 Å². The van der Waals surface area contributed by atoms with Gasteiger partial charge in [0.05, 0.1) is 18.8 Å². The Bertz CT molecular complexity index is 952. The molecule has 1 saturated heterocycles. The first-order valence-electron chi connectivity index (χ1n) is 10.5. The van der Waals surface area contributed by atoms with Crippen molar-refractivity contribution in [1.29, 1.82) is 0 Å². The Hall–Kier alpha value is -3.00. The van der Waals surface area contributed by atoms with Crippen LogP contribution >= 0.6 is 0 Å². The van der Waals surface area contributed by atoms with Gasteiger partial charge in [0.15, 0.2) is 0 Å². The van der Waals surface area contributed by atoms with Crippen LogP contribution < -0.4 is 5.32 Å². The highest BCUT2D eigenvalue weighted by molar-refractivity contribution is 5.78. The Morgan fingerprint density at radius 3 is 3.07 bits per heavy atom. The van der Waals surface area contributed by atoms with E-state index in [2.05, 4.69) is 25.3 Å². The van der Waals surface area contributed by atoms with Gasteiger partial charge in [-0.25, -0.2) is 4.98 Å². The number of aromatic nitrogens is 4. The Labute approximate surface area is 176 Å². The smallest absolute Gasteiger partial charge is 0.241 e. The van der Waals surface area contributed by atoms with Gasteiger partial charge < -0.3 is 14.4 Å². The number of carbonyl (C=O) groups excluding carboxylic acids is 1. The van der Waals surface area contributed by atoms with Crippen molar-refractivity contribution in [2.24, 2.45) is 5.92 Å². The van der Waals surface area contributed by atoms with Gasteiger partial charge in [-0.3, -0.25) is 9.69 Å². The predicted octanol–water partition coefficient (Wildman–Crippen LogP) is 2.66. The number of aryl methyl sites for hydroxylation is 2. The summed E-state index contributed by atoms with van der Waals surface area (Å²) in [6, 6.07) is 8.00. The molecule has 0 bridgehead atoms. The zero-order chi connectivity index (χ0) is 20.8. The topological polar surface area (TPSA) is 89.1 Å². The van der Waals surface area contributed by atoms with Crippen LogP contribution in [0.3, 0.4) is 0 Å². The van der Waals surface area contributed by atoms with Crippen LogP contribution in [0.5, 0.6) is 0 Å². The van der Waals surface area contributed by atoms with Crippen LogP contribution in [0.15, 0.2) is 47.5 Å². The minimum Gasteiger partial charge on any atom is -0.356 e. The molecule has 0 aliphatic carbocycles. The Morgan fingerprint density at radius 2 is 2.23 bits per heavy atom. The minimum absolute atomic E-state index is 0.00533. The molecule has 158 valence electrons. The normalized spacial score (nSPS) is 17.2. The van der Waals surface area contributed by atoms with Crippen LogP contribution in [0, 0.1) is 12.8 Å². The summed E-state index contributed by atoms with van der Waals surface area (Å²) in [5.74, 6) is 1.35. The average molecular weight is 409 g/mol. The number of rotatable bonds is 8. The summed E-state index contributed by atoms with van der Waals surface area (Å²) in [6.45, 7) is 5.80. The second kappa shape index (κ2) is 9.67. The number of imidazole rings is 1. The van der Waals surface area contributed by atoms with Crippen molar-refractivity contribution >= 4 is 5.91 Å². The van der Waals surface area contributed by atoms with Crippen molar-refractivity contribution in [3.05, 3.63) is 54.4 Å². The van der Waals surface area contributed by atoms with E-state index in [0.29, 0.717) is 24.8 Å². The van der Waals surface area contributed by atoms with Crippen molar-refractivity contribution in [3.8, 4) is 11.4 Å². The van der Waals surface area contributed by atoms with Gasteiger partial charge in [-0.2, -0.15) is 4.98 Å². The summed E-state index contributed by atoms with van der Waals surface area (Å²) in [4.78, 5) is 23.4. The molecule has 8 nitrogen and oxygen atoms in total. The highest BCUT2D eigenvalue weighted by Crippen LogP contribution is 2.22. The summed E-state index contributed by atoms with van der Waals surface area (Å²) in [5, 5.41) is 7.22. The Kier molecular flexibility index (Phi) is 6.53. The maximum atomic E-state index is 12.6. The number of carbonyl (C=O) groups is 1. The highest BCUT2D eigenvalue weighted by atomic mass is 16.5. The van der Waals surface area contributed by atoms with Crippen LogP contribution in [0.2, 0.25) is 0 Å². The van der Waals surface area contributed by atoms with E-state index in [0.717, 1.165) is 50.0 Å². The lowest BCUT2D eigenvalue weighted by molar-refractivity contribution is -0.126. The molecule has 3 aromatic rings. The molecule has 3 heterocycles. The van der Waals surface area contributed by atoms with Gasteiger partial charge in [-0.05, 0) is 38.3 Å². The summed E-state index contributed by atoms with van der Waals surface area (Å²) in [7, 11) is 0. The van der Waals surface area contributed by atoms with E-state index in [1.807, 2.05) is 42.0 Å². The second-order valence-electron chi connectivity index (χ2n) is 7.85. The molecule has 1 unspecified atom stereocenters. The molecule has 1 aromatic carbocycles. The maximum Gasteiger partial charge on any atom is 0.241 e. The van der Waals surface area contributed by atoms with Crippen LogP contribution in [0.25, 0.3) is 11.4 Å². The van der Waals surface area contributed by atoms with Crippen LogP contribution in [0.4, 0.5) is 0 Å². The molecule has 4 rings (SSSR count). The van der Waals surface area contributed by atoms with Gasteiger partial charge in [0.1, 0.15) is 0 Å². The maximum absolute atomic E-state index is 12.6. The zero-order valence-corrected chi connectivity index (χ0v) is 17.3. The van der Waals surface area contributed by atoms with Gasteiger partial charge >= 0.3 is 0 Å². The van der Waals surface area contributed by atoms with Crippen LogP contribution in [0.1, 0.15) is 30.7 Å². The lowest BCUT2D eigenvalue weighted by Gasteiger charge is -2.30.